The molecular weight excluding hydrogens is 404 g/mol. The van der Waals surface area contributed by atoms with E-state index in [-0.39, 0.29) is 12.2 Å². The van der Waals surface area contributed by atoms with E-state index in [4.69, 9.17) is 15.2 Å². The molecule has 0 spiro atoms. The molecule has 3 N–H and O–H groups in total. The smallest absolute Gasteiger partial charge is 0.341 e. The number of esters is 2. The molecule has 1 aromatic heterocycles. The summed E-state index contributed by atoms with van der Waals surface area (Å²) in [5, 5.41) is 3.22. The Morgan fingerprint density at radius 2 is 2.07 bits per heavy atom. The maximum atomic E-state index is 12.7. The van der Waals surface area contributed by atoms with Gasteiger partial charge in [-0.15, -0.1) is 11.3 Å². The van der Waals surface area contributed by atoms with Gasteiger partial charge >= 0.3 is 11.9 Å². The van der Waals surface area contributed by atoms with Gasteiger partial charge in [-0.3, -0.25) is 4.79 Å². The molecule has 1 heterocycles. The van der Waals surface area contributed by atoms with E-state index in [1.54, 1.807) is 25.1 Å². The molecule has 0 fully saturated rings. The lowest BCUT2D eigenvalue weighted by atomic mass is 9.88. The summed E-state index contributed by atoms with van der Waals surface area (Å²) in [5.74, 6) is -1.07. The van der Waals surface area contributed by atoms with E-state index in [1.165, 1.54) is 24.3 Å². The van der Waals surface area contributed by atoms with Gasteiger partial charge in [-0.05, 0) is 62.8 Å². The Bertz CT molecular complexity index is 968. The number of thiophene rings is 1. The predicted molar refractivity (Wildman–Crippen MR) is 116 cm³/mol. The Morgan fingerprint density at radius 1 is 1.30 bits per heavy atom. The van der Waals surface area contributed by atoms with Gasteiger partial charge in [-0.25, -0.2) is 9.59 Å². The second kappa shape index (κ2) is 9.30. The van der Waals surface area contributed by atoms with Crippen LogP contribution in [0.5, 0.6) is 0 Å². The first-order chi connectivity index (χ1) is 14.3. The normalized spacial score (nSPS) is 16.3. The third kappa shape index (κ3) is 4.81. The van der Waals surface area contributed by atoms with Gasteiger partial charge in [0.15, 0.2) is 6.10 Å². The first-order valence-electron chi connectivity index (χ1n) is 9.99. The summed E-state index contributed by atoms with van der Waals surface area (Å²) in [7, 11) is 0. The van der Waals surface area contributed by atoms with Crippen LogP contribution in [0.15, 0.2) is 24.3 Å². The number of nitrogen functional groups attached to an aromatic ring is 1. The van der Waals surface area contributed by atoms with Gasteiger partial charge in [0.1, 0.15) is 5.00 Å². The number of benzene rings is 1. The average Bonchev–Trinajstić information content (AvgIpc) is 3.04. The fraction of sp³-hybridized carbons (Fsp3) is 0.409. The van der Waals surface area contributed by atoms with Crippen molar-refractivity contribution in [2.24, 2.45) is 5.92 Å². The van der Waals surface area contributed by atoms with E-state index in [1.807, 2.05) is 0 Å². The molecule has 1 aromatic carbocycles. The molecule has 0 radical (unpaired) electrons. The molecule has 160 valence electrons. The van der Waals surface area contributed by atoms with Crippen molar-refractivity contribution >= 4 is 39.9 Å². The summed E-state index contributed by atoms with van der Waals surface area (Å²) < 4.78 is 10.5. The van der Waals surface area contributed by atoms with E-state index in [0.29, 0.717) is 22.2 Å². The molecule has 0 saturated heterocycles. The zero-order chi connectivity index (χ0) is 21.8. The SMILES string of the molecule is CCOC(=O)c1c(NC(=O)C(C)OC(=O)c2cccc(N)c2)sc2c1CCC(C)C2. The van der Waals surface area contributed by atoms with Crippen LogP contribution in [0.4, 0.5) is 10.7 Å². The number of anilines is 2. The van der Waals surface area contributed by atoms with Crippen LogP contribution in [0.2, 0.25) is 0 Å². The molecule has 2 aromatic rings. The number of carbonyl (C=O) groups is 3. The number of rotatable bonds is 6. The van der Waals surface area contributed by atoms with Gasteiger partial charge in [0, 0.05) is 10.6 Å². The summed E-state index contributed by atoms with van der Waals surface area (Å²) >= 11 is 1.39. The van der Waals surface area contributed by atoms with Gasteiger partial charge in [0.05, 0.1) is 17.7 Å². The highest BCUT2D eigenvalue weighted by Crippen LogP contribution is 2.40. The Labute approximate surface area is 179 Å². The lowest BCUT2D eigenvalue weighted by Crippen LogP contribution is -2.30. The Morgan fingerprint density at radius 3 is 2.77 bits per heavy atom. The van der Waals surface area contributed by atoms with Crippen molar-refractivity contribution in [2.75, 3.05) is 17.7 Å². The minimum Gasteiger partial charge on any atom is -0.462 e. The van der Waals surface area contributed by atoms with Crippen LogP contribution in [0.1, 0.15) is 58.3 Å². The van der Waals surface area contributed by atoms with Crippen LogP contribution in [0.25, 0.3) is 0 Å². The molecule has 0 aliphatic heterocycles. The van der Waals surface area contributed by atoms with Gasteiger partial charge in [0.25, 0.3) is 5.91 Å². The summed E-state index contributed by atoms with van der Waals surface area (Å²) in [6.45, 7) is 5.65. The number of hydrogen-bond acceptors (Lipinski definition) is 7. The fourth-order valence-electron chi connectivity index (χ4n) is 3.42. The minimum absolute atomic E-state index is 0.251. The molecule has 7 nitrogen and oxygen atoms in total. The van der Waals surface area contributed by atoms with Gasteiger partial charge in [-0.2, -0.15) is 0 Å². The molecule has 1 aliphatic rings. The standard InChI is InChI=1S/C22H26N2O5S/c1-4-28-22(27)18-16-9-8-12(2)10-17(16)30-20(18)24-19(25)13(3)29-21(26)14-6-5-7-15(23)11-14/h5-7,11-13H,4,8-10,23H2,1-3H3,(H,24,25). The molecule has 0 bridgehead atoms. The summed E-state index contributed by atoms with van der Waals surface area (Å²) in [6.07, 6.45) is 1.57. The fourth-order valence-corrected chi connectivity index (χ4v) is 4.82. The third-order valence-corrected chi connectivity index (χ3v) is 6.17. The summed E-state index contributed by atoms with van der Waals surface area (Å²) in [4.78, 5) is 38.6. The average molecular weight is 431 g/mol. The highest BCUT2D eigenvalue weighted by atomic mass is 32.1. The molecule has 2 atom stereocenters. The number of nitrogens with two attached hydrogens (primary N) is 1. The number of fused-ring (bicyclic) bond motifs is 1. The second-order valence-electron chi connectivity index (χ2n) is 7.44. The van der Waals surface area contributed by atoms with E-state index in [0.717, 1.165) is 29.7 Å². The van der Waals surface area contributed by atoms with Crippen LogP contribution in [-0.4, -0.2) is 30.6 Å². The predicted octanol–water partition coefficient (Wildman–Crippen LogP) is 3.82. The number of nitrogens with one attached hydrogen (secondary N) is 1. The molecule has 1 aliphatic carbocycles. The highest BCUT2D eigenvalue weighted by molar-refractivity contribution is 7.17. The maximum absolute atomic E-state index is 12.7. The molecule has 30 heavy (non-hydrogen) atoms. The van der Waals surface area contributed by atoms with Crippen LogP contribution >= 0.6 is 11.3 Å². The number of hydrogen-bond donors (Lipinski definition) is 2. The Hall–Kier alpha value is -2.87. The first kappa shape index (κ1) is 21.8. The van der Waals surface area contributed by atoms with Crippen LogP contribution in [0.3, 0.4) is 0 Å². The molecular formula is C22H26N2O5S. The van der Waals surface area contributed by atoms with E-state index in [9.17, 15) is 14.4 Å². The van der Waals surface area contributed by atoms with Crippen molar-refractivity contribution in [1.29, 1.82) is 0 Å². The van der Waals surface area contributed by atoms with Crippen molar-refractivity contribution in [1.82, 2.24) is 0 Å². The lowest BCUT2D eigenvalue weighted by Gasteiger charge is -2.18. The van der Waals surface area contributed by atoms with E-state index in [2.05, 4.69) is 12.2 Å². The zero-order valence-electron chi connectivity index (χ0n) is 17.3. The molecule has 2 unspecified atom stereocenters. The van der Waals surface area contributed by atoms with Crippen molar-refractivity contribution in [3.63, 3.8) is 0 Å². The third-order valence-electron chi connectivity index (χ3n) is 5.00. The first-order valence-corrected chi connectivity index (χ1v) is 10.8. The topological polar surface area (TPSA) is 108 Å². The molecule has 3 rings (SSSR count). The summed E-state index contributed by atoms with van der Waals surface area (Å²) in [6, 6.07) is 6.35. The highest BCUT2D eigenvalue weighted by Gasteiger charge is 2.30. The largest absolute Gasteiger partial charge is 0.462 e. The molecule has 8 heteroatoms. The van der Waals surface area contributed by atoms with Gasteiger partial charge in [0.2, 0.25) is 0 Å². The van der Waals surface area contributed by atoms with Crippen LogP contribution in [0, 0.1) is 5.92 Å². The quantitative estimate of drug-likeness (QED) is 0.533. The number of ether oxygens (including phenoxy) is 2. The van der Waals surface area contributed by atoms with Crippen LogP contribution in [-0.2, 0) is 27.1 Å². The monoisotopic (exact) mass is 430 g/mol. The zero-order valence-corrected chi connectivity index (χ0v) is 18.1. The van der Waals surface area contributed by atoms with E-state index >= 15 is 0 Å². The number of carbonyl (C=O) groups excluding carboxylic acids is 3. The van der Waals surface area contributed by atoms with E-state index < -0.39 is 23.9 Å². The second-order valence-corrected chi connectivity index (χ2v) is 8.54. The lowest BCUT2D eigenvalue weighted by molar-refractivity contribution is -0.123. The molecule has 1 amide bonds. The molecule has 0 saturated carbocycles. The minimum atomic E-state index is -1.05. The number of amides is 1. The van der Waals surface area contributed by atoms with Gasteiger partial charge < -0.3 is 20.5 Å². The van der Waals surface area contributed by atoms with Crippen molar-refractivity contribution in [3.05, 3.63) is 45.8 Å². The van der Waals surface area contributed by atoms with Crippen molar-refractivity contribution in [2.45, 2.75) is 46.1 Å². The summed E-state index contributed by atoms with van der Waals surface area (Å²) in [5.41, 5.74) is 7.76. The Balaban J connectivity index is 1.76. The van der Waals surface area contributed by atoms with Crippen LogP contribution < -0.4 is 11.1 Å². The maximum Gasteiger partial charge on any atom is 0.341 e. The van der Waals surface area contributed by atoms with Gasteiger partial charge in [-0.1, -0.05) is 13.0 Å². The van der Waals surface area contributed by atoms with Crippen molar-refractivity contribution < 1.29 is 23.9 Å². The van der Waals surface area contributed by atoms with Crippen molar-refractivity contribution in [3.8, 4) is 0 Å². The Kier molecular flexibility index (Phi) is 6.77.